The normalized spacial score (nSPS) is 9.55. The van der Waals surface area contributed by atoms with Gasteiger partial charge in [-0.3, -0.25) is 0 Å². The van der Waals surface area contributed by atoms with E-state index in [0.29, 0.717) is 10.1 Å². The van der Waals surface area contributed by atoms with E-state index in [4.69, 9.17) is 5.73 Å². The van der Waals surface area contributed by atoms with Crippen molar-refractivity contribution in [2.45, 2.75) is 6.54 Å². The number of hydrogen-bond donors (Lipinski definition) is 1. The van der Waals surface area contributed by atoms with E-state index >= 15 is 0 Å². The van der Waals surface area contributed by atoms with Crippen LogP contribution in [0, 0.1) is 4.91 Å². The van der Waals surface area contributed by atoms with Gasteiger partial charge in [0.15, 0.2) is 12.2 Å². The van der Waals surface area contributed by atoms with E-state index in [0.717, 1.165) is 4.88 Å². The second kappa shape index (κ2) is 3.29. The molecule has 0 radical (unpaired) electrons. The molecule has 1 rings (SSSR count). The van der Waals surface area contributed by atoms with Crippen molar-refractivity contribution in [3.63, 3.8) is 0 Å². The number of thiazole rings is 1. The monoisotopic (exact) mass is 174 g/mol. The Hall–Kier alpha value is -1.17. The van der Waals surface area contributed by atoms with Crippen LogP contribution in [0.2, 0.25) is 0 Å². The molecule has 5 nitrogen and oxygen atoms in total. The first kappa shape index (κ1) is 7.93. The lowest BCUT2D eigenvalue weighted by molar-refractivity contribution is -0.807. The van der Waals surface area contributed by atoms with Gasteiger partial charge in [0.25, 0.3) is 6.54 Å². The summed E-state index contributed by atoms with van der Waals surface area (Å²) in [5, 5.41) is 0.463. The van der Waals surface area contributed by atoms with Crippen molar-refractivity contribution in [3.8, 4) is 0 Å². The van der Waals surface area contributed by atoms with Crippen LogP contribution in [0.4, 0.5) is 5.13 Å². The van der Waals surface area contributed by atoms with Crippen LogP contribution in [-0.4, -0.2) is 17.0 Å². The Morgan fingerprint density at radius 3 is 3.09 bits per heavy atom. The Morgan fingerprint density at radius 1 is 1.91 bits per heavy atom. The molecule has 0 aliphatic rings. The SMILES string of the molecule is CO[N+](=O)Cc1cnc(N)s1. The highest BCUT2D eigenvalue weighted by Crippen LogP contribution is 2.14. The zero-order chi connectivity index (χ0) is 8.27. The van der Waals surface area contributed by atoms with Gasteiger partial charge in [0.05, 0.1) is 11.1 Å². The molecule has 0 fully saturated rings. The second-order valence-electron chi connectivity index (χ2n) is 1.84. The largest absolute Gasteiger partial charge is 0.375 e. The summed E-state index contributed by atoms with van der Waals surface area (Å²) in [6.07, 6.45) is 1.56. The Balaban J connectivity index is 2.57. The van der Waals surface area contributed by atoms with E-state index in [9.17, 15) is 4.91 Å². The van der Waals surface area contributed by atoms with Gasteiger partial charge >= 0.3 is 0 Å². The third kappa shape index (κ3) is 2.15. The molecule has 1 aromatic rings. The van der Waals surface area contributed by atoms with Gasteiger partial charge in [0, 0.05) is 0 Å². The van der Waals surface area contributed by atoms with E-state index in [-0.39, 0.29) is 6.54 Å². The van der Waals surface area contributed by atoms with Gasteiger partial charge in [-0.05, 0) is 0 Å². The highest BCUT2D eigenvalue weighted by molar-refractivity contribution is 7.15. The second-order valence-corrected chi connectivity index (χ2v) is 2.99. The lowest BCUT2D eigenvalue weighted by Crippen LogP contribution is -2.03. The quantitative estimate of drug-likeness (QED) is 0.680. The number of nitrogens with two attached hydrogens (primary N) is 1. The average molecular weight is 174 g/mol. The van der Waals surface area contributed by atoms with Gasteiger partial charge in [-0.25, -0.2) is 9.82 Å². The fourth-order valence-corrected chi connectivity index (χ4v) is 1.24. The minimum absolute atomic E-state index is 0.172. The maximum Gasteiger partial charge on any atom is 0.283 e. The number of anilines is 1. The van der Waals surface area contributed by atoms with Gasteiger partial charge in [-0.15, -0.1) is 0 Å². The summed E-state index contributed by atoms with van der Waals surface area (Å²) < 4.78 is 0. The van der Waals surface area contributed by atoms with Crippen molar-refractivity contribution in [2.24, 2.45) is 0 Å². The van der Waals surface area contributed by atoms with Crippen LogP contribution in [0.5, 0.6) is 0 Å². The number of aromatic nitrogens is 1. The molecule has 60 valence electrons. The smallest absolute Gasteiger partial charge is 0.283 e. The average Bonchev–Trinajstić information content (AvgIpc) is 2.35. The molecule has 0 bridgehead atoms. The van der Waals surface area contributed by atoms with Crippen LogP contribution in [0.25, 0.3) is 0 Å². The number of hydrogen-bond acceptors (Lipinski definition) is 5. The minimum atomic E-state index is 0.172. The first-order valence-corrected chi connectivity index (χ1v) is 3.73. The molecule has 0 saturated heterocycles. The van der Waals surface area contributed by atoms with Crippen molar-refractivity contribution in [2.75, 3.05) is 12.8 Å². The van der Waals surface area contributed by atoms with E-state index in [1.807, 2.05) is 0 Å². The molecule has 0 aromatic carbocycles. The molecule has 0 spiro atoms. The Morgan fingerprint density at radius 2 is 2.64 bits per heavy atom. The summed E-state index contributed by atoms with van der Waals surface area (Å²) in [4.78, 5) is 20.0. The molecule has 0 aliphatic heterocycles. The summed E-state index contributed by atoms with van der Waals surface area (Å²) >= 11 is 1.28. The van der Waals surface area contributed by atoms with Crippen LogP contribution in [0.3, 0.4) is 0 Å². The first-order valence-electron chi connectivity index (χ1n) is 2.91. The summed E-state index contributed by atoms with van der Waals surface area (Å²) in [6, 6.07) is 0. The van der Waals surface area contributed by atoms with Crippen LogP contribution >= 0.6 is 11.3 Å². The molecular formula is C5H8N3O2S+. The van der Waals surface area contributed by atoms with Crippen LogP contribution in [0.15, 0.2) is 6.20 Å². The van der Waals surface area contributed by atoms with Gasteiger partial charge in [0.2, 0.25) is 4.92 Å². The predicted molar refractivity (Wildman–Crippen MR) is 40.9 cm³/mol. The molecule has 1 aromatic heterocycles. The van der Waals surface area contributed by atoms with Crippen LogP contribution in [0.1, 0.15) is 4.88 Å². The summed E-state index contributed by atoms with van der Waals surface area (Å²) in [5.41, 5.74) is 5.34. The van der Waals surface area contributed by atoms with Crippen molar-refractivity contribution < 1.29 is 9.76 Å². The third-order valence-corrected chi connectivity index (χ3v) is 1.87. The molecule has 0 amide bonds. The maximum atomic E-state index is 10.6. The molecule has 1 heterocycles. The molecule has 0 atom stereocenters. The fourth-order valence-electron chi connectivity index (χ4n) is 0.588. The Bertz CT molecular complexity index is 260. The van der Waals surface area contributed by atoms with E-state index in [1.165, 1.54) is 18.4 Å². The summed E-state index contributed by atoms with van der Waals surface area (Å²) in [5.74, 6) is 0. The van der Waals surface area contributed by atoms with Crippen molar-refractivity contribution >= 4 is 16.5 Å². The van der Waals surface area contributed by atoms with Gasteiger partial charge < -0.3 is 5.73 Å². The number of rotatable bonds is 3. The van der Waals surface area contributed by atoms with Gasteiger partial charge in [0.1, 0.15) is 4.88 Å². The standard InChI is InChI=1S/C5H8N3O2S/c1-10-8(9)3-4-2-7-5(6)11-4/h2H,3H2,1H3,(H2,6,7)/q+1. The highest BCUT2D eigenvalue weighted by Gasteiger charge is 2.11. The summed E-state index contributed by atoms with van der Waals surface area (Å²) in [7, 11) is 1.32. The fraction of sp³-hybridized carbons (Fsp3) is 0.400. The lowest BCUT2D eigenvalue weighted by atomic mass is 10.6. The molecule has 6 heteroatoms. The van der Waals surface area contributed by atoms with Crippen molar-refractivity contribution in [1.29, 1.82) is 0 Å². The molecule has 0 saturated carbocycles. The number of nitrogens with zero attached hydrogens (tertiary/aromatic N) is 2. The first-order chi connectivity index (χ1) is 5.22. The minimum Gasteiger partial charge on any atom is -0.375 e. The Labute approximate surface area is 67.3 Å². The molecule has 2 N–H and O–H groups in total. The highest BCUT2D eigenvalue weighted by atomic mass is 32.1. The van der Waals surface area contributed by atoms with E-state index in [1.54, 1.807) is 6.20 Å². The molecule has 11 heavy (non-hydrogen) atoms. The number of nitrogen functional groups attached to an aromatic ring is 1. The Kier molecular flexibility index (Phi) is 2.37. The zero-order valence-corrected chi connectivity index (χ0v) is 6.80. The van der Waals surface area contributed by atoms with E-state index < -0.39 is 0 Å². The molecule has 0 aliphatic carbocycles. The van der Waals surface area contributed by atoms with Crippen molar-refractivity contribution in [3.05, 3.63) is 16.0 Å². The molecular weight excluding hydrogens is 166 g/mol. The predicted octanol–water partition coefficient (Wildman–Crippen LogP) is 0.566. The maximum absolute atomic E-state index is 10.6. The molecule has 0 unspecified atom stereocenters. The lowest BCUT2D eigenvalue weighted by Gasteiger charge is -1.83. The van der Waals surface area contributed by atoms with Crippen molar-refractivity contribution in [1.82, 2.24) is 4.98 Å². The summed E-state index contributed by atoms with van der Waals surface area (Å²) in [6.45, 7) is 0.172. The van der Waals surface area contributed by atoms with E-state index in [2.05, 4.69) is 9.82 Å². The third-order valence-electron chi connectivity index (χ3n) is 1.06. The van der Waals surface area contributed by atoms with Gasteiger partial charge in [-0.1, -0.05) is 11.3 Å². The van der Waals surface area contributed by atoms with Crippen LogP contribution in [-0.2, 0) is 11.4 Å². The van der Waals surface area contributed by atoms with Crippen LogP contribution < -0.4 is 5.73 Å². The topological polar surface area (TPSA) is 68.2 Å². The van der Waals surface area contributed by atoms with Gasteiger partial charge in [-0.2, -0.15) is 0 Å². The zero-order valence-electron chi connectivity index (χ0n) is 5.98.